The van der Waals surface area contributed by atoms with Crippen LogP contribution in [0.15, 0.2) is 33.9 Å². The summed E-state index contributed by atoms with van der Waals surface area (Å²) >= 11 is 0. The summed E-state index contributed by atoms with van der Waals surface area (Å²) < 4.78 is 9.87. The zero-order valence-electron chi connectivity index (χ0n) is 10.5. The molecule has 0 unspecified atom stereocenters. The highest BCUT2D eigenvalue weighted by Gasteiger charge is 1.94. The van der Waals surface area contributed by atoms with Gasteiger partial charge < -0.3 is 8.83 Å². The summed E-state index contributed by atoms with van der Waals surface area (Å²) in [5.74, 6) is 0. The SMILES string of the molecule is CCc1cocc1C.CCc1cocc1C. The molecule has 0 radical (unpaired) electrons. The number of furan rings is 2. The van der Waals surface area contributed by atoms with Crippen molar-refractivity contribution in [3.63, 3.8) is 0 Å². The highest BCUT2D eigenvalue weighted by molar-refractivity contribution is 5.18. The zero-order valence-corrected chi connectivity index (χ0v) is 10.5. The summed E-state index contributed by atoms with van der Waals surface area (Å²) in [7, 11) is 0. The average Bonchev–Trinajstić information content (AvgIpc) is 2.87. The van der Waals surface area contributed by atoms with E-state index in [1.165, 1.54) is 22.3 Å². The quantitative estimate of drug-likeness (QED) is 0.754. The number of hydrogen-bond acceptors (Lipinski definition) is 2. The number of hydrogen-bond donors (Lipinski definition) is 0. The normalized spacial score (nSPS) is 9.75. The lowest BCUT2D eigenvalue weighted by Crippen LogP contribution is -1.75. The Morgan fingerprint density at radius 3 is 1.25 bits per heavy atom. The van der Waals surface area contributed by atoms with Gasteiger partial charge in [-0.3, -0.25) is 0 Å². The van der Waals surface area contributed by atoms with Crippen LogP contribution in [-0.2, 0) is 12.8 Å². The highest BCUT2D eigenvalue weighted by atomic mass is 16.3. The fourth-order valence-corrected chi connectivity index (χ4v) is 1.50. The third-order valence-corrected chi connectivity index (χ3v) is 2.69. The minimum Gasteiger partial charge on any atom is -0.472 e. The molecule has 88 valence electrons. The predicted octanol–water partition coefficient (Wildman–Crippen LogP) is 4.30. The first-order chi connectivity index (χ1) is 7.69. The molecule has 0 amide bonds. The first-order valence-corrected chi connectivity index (χ1v) is 5.72. The fourth-order valence-electron chi connectivity index (χ4n) is 1.50. The minimum atomic E-state index is 1.07. The molecule has 2 nitrogen and oxygen atoms in total. The van der Waals surface area contributed by atoms with Crippen LogP contribution in [-0.4, -0.2) is 0 Å². The van der Waals surface area contributed by atoms with Crippen LogP contribution in [0.3, 0.4) is 0 Å². The van der Waals surface area contributed by atoms with Gasteiger partial charge in [0, 0.05) is 0 Å². The van der Waals surface area contributed by atoms with E-state index in [1.807, 2.05) is 0 Å². The summed E-state index contributed by atoms with van der Waals surface area (Å²) in [6.07, 6.45) is 9.30. The van der Waals surface area contributed by atoms with Crippen LogP contribution < -0.4 is 0 Å². The minimum absolute atomic E-state index is 1.07. The highest BCUT2D eigenvalue weighted by Crippen LogP contribution is 2.08. The summed E-state index contributed by atoms with van der Waals surface area (Å²) in [5, 5.41) is 0. The van der Waals surface area contributed by atoms with E-state index >= 15 is 0 Å². The van der Waals surface area contributed by atoms with E-state index in [-0.39, 0.29) is 0 Å². The van der Waals surface area contributed by atoms with Crippen LogP contribution >= 0.6 is 0 Å². The lowest BCUT2D eigenvalue weighted by atomic mass is 10.2. The Kier molecular flexibility index (Phi) is 4.90. The third-order valence-electron chi connectivity index (χ3n) is 2.69. The maximum Gasteiger partial charge on any atom is 0.0937 e. The Balaban J connectivity index is 0.000000160. The molecule has 0 aliphatic carbocycles. The Hall–Kier alpha value is -1.44. The molecule has 16 heavy (non-hydrogen) atoms. The van der Waals surface area contributed by atoms with Crippen LogP contribution in [0, 0.1) is 13.8 Å². The molecule has 0 saturated carbocycles. The molecule has 0 N–H and O–H groups in total. The third kappa shape index (κ3) is 3.30. The van der Waals surface area contributed by atoms with Gasteiger partial charge in [0.1, 0.15) is 0 Å². The Labute approximate surface area is 97.3 Å². The van der Waals surface area contributed by atoms with E-state index in [2.05, 4.69) is 27.7 Å². The Morgan fingerprint density at radius 1 is 0.750 bits per heavy atom. The van der Waals surface area contributed by atoms with Crippen LogP contribution in [0.1, 0.15) is 36.1 Å². The van der Waals surface area contributed by atoms with Gasteiger partial charge in [0.25, 0.3) is 0 Å². The van der Waals surface area contributed by atoms with Crippen molar-refractivity contribution in [1.29, 1.82) is 0 Å². The predicted molar refractivity (Wildman–Crippen MR) is 65.6 cm³/mol. The summed E-state index contributed by atoms with van der Waals surface area (Å²) in [5.41, 5.74) is 5.13. The number of aryl methyl sites for hydroxylation is 4. The maximum absolute atomic E-state index is 4.94. The molecule has 0 aromatic carbocycles. The van der Waals surface area contributed by atoms with Crippen LogP contribution in [0.4, 0.5) is 0 Å². The molecule has 0 spiro atoms. The fraction of sp³-hybridized carbons (Fsp3) is 0.429. The van der Waals surface area contributed by atoms with Gasteiger partial charge in [0.15, 0.2) is 0 Å². The van der Waals surface area contributed by atoms with Crippen LogP contribution in [0.25, 0.3) is 0 Å². The second-order valence-electron chi connectivity index (χ2n) is 3.87. The van der Waals surface area contributed by atoms with Crippen LogP contribution in [0.2, 0.25) is 0 Å². The van der Waals surface area contributed by atoms with Gasteiger partial charge in [0.05, 0.1) is 25.1 Å². The molecule has 0 aliphatic heterocycles. The van der Waals surface area contributed by atoms with Gasteiger partial charge in [-0.15, -0.1) is 0 Å². The molecule has 0 fully saturated rings. The Morgan fingerprint density at radius 2 is 1.12 bits per heavy atom. The summed E-state index contributed by atoms with van der Waals surface area (Å²) in [6.45, 7) is 8.36. The van der Waals surface area contributed by atoms with Crippen molar-refractivity contribution in [3.8, 4) is 0 Å². The van der Waals surface area contributed by atoms with E-state index in [0.717, 1.165) is 12.8 Å². The van der Waals surface area contributed by atoms with Gasteiger partial charge in [0.2, 0.25) is 0 Å². The van der Waals surface area contributed by atoms with Crippen LogP contribution in [0.5, 0.6) is 0 Å². The first-order valence-electron chi connectivity index (χ1n) is 5.72. The molecular weight excluding hydrogens is 200 g/mol. The molecule has 2 aromatic heterocycles. The van der Waals surface area contributed by atoms with E-state index < -0.39 is 0 Å². The topological polar surface area (TPSA) is 26.3 Å². The Bertz CT molecular complexity index is 370. The lowest BCUT2D eigenvalue weighted by Gasteiger charge is -1.85. The molecule has 0 aliphatic rings. The van der Waals surface area contributed by atoms with E-state index in [4.69, 9.17) is 8.83 Å². The van der Waals surface area contributed by atoms with E-state index in [0.29, 0.717) is 0 Å². The van der Waals surface area contributed by atoms with Crippen molar-refractivity contribution in [2.24, 2.45) is 0 Å². The van der Waals surface area contributed by atoms with Crippen molar-refractivity contribution in [2.75, 3.05) is 0 Å². The van der Waals surface area contributed by atoms with Crippen molar-refractivity contribution < 1.29 is 8.83 Å². The van der Waals surface area contributed by atoms with Crippen molar-refractivity contribution in [3.05, 3.63) is 47.3 Å². The second kappa shape index (κ2) is 6.21. The summed E-state index contributed by atoms with van der Waals surface area (Å²) in [4.78, 5) is 0. The van der Waals surface area contributed by atoms with Gasteiger partial charge in [-0.25, -0.2) is 0 Å². The molecule has 0 atom stereocenters. The largest absolute Gasteiger partial charge is 0.472 e. The van der Waals surface area contributed by atoms with Gasteiger partial charge in [-0.1, -0.05) is 13.8 Å². The zero-order chi connectivity index (χ0) is 12.0. The molecule has 0 bridgehead atoms. The van der Waals surface area contributed by atoms with Crippen molar-refractivity contribution in [1.82, 2.24) is 0 Å². The van der Waals surface area contributed by atoms with Gasteiger partial charge >= 0.3 is 0 Å². The summed E-state index contributed by atoms with van der Waals surface area (Å²) in [6, 6.07) is 0. The van der Waals surface area contributed by atoms with Crippen molar-refractivity contribution >= 4 is 0 Å². The van der Waals surface area contributed by atoms with E-state index in [9.17, 15) is 0 Å². The lowest BCUT2D eigenvalue weighted by molar-refractivity contribution is 0.562. The standard InChI is InChI=1S/2C7H10O/c2*1-3-7-5-8-4-6(7)2/h2*4-5H,3H2,1-2H3. The molecule has 2 heteroatoms. The average molecular weight is 220 g/mol. The second-order valence-corrected chi connectivity index (χ2v) is 3.87. The number of rotatable bonds is 2. The molecule has 2 heterocycles. The van der Waals surface area contributed by atoms with E-state index in [1.54, 1.807) is 25.1 Å². The molecule has 2 rings (SSSR count). The molecular formula is C14H20O2. The molecule has 0 saturated heterocycles. The maximum atomic E-state index is 4.94. The smallest absolute Gasteiger partial charge is 0.0937 e. The monoisotopic (exact) mass is 220 g/mol. The van der Waals surface area contributed by atoms with Crippen molar-refractivity contribution in [2.45, 2.75) is 40.5 Å². The first kappa shape index (κ1) is 12.6. The molecule has 2 aromatic rings. The van der Waals surface area contributed by atoms with Gasteiger partial charge in [-0.05, 0) is 48.9 Å². The van der Waals surface area contributed by atoms with Gasteiger partial charge in [-0.2, -0.15) is 0 Å².